The molecule has 0 amide bonds. The lowest BCUT2D eigenvalue weighted by atomic mass is 9.81. The third-order valence-corrected chi connectivity index (χ3v) is 3.90. The topological polar surface area (TPSA) is 43.4 Å². The molecule has 22 heavy (non-hydrogen) atoms. The van der Waals surface area contributed by atoms with Crippen LogP contribution in [0.25, 0.3) is 6.08 Å². The van der Waals surface area contributed by atoms with Gasteiger partial charge in [-0.1, -0.05) is 49.1 Å². The Morgan fingerprint density at radius 3 is 2.59 bits per heavy atom. The molecule has 0 heterocycles. The van der Waals surface area contributed by atoms with E-state index in [1.165, 1.54) is 6.08 Å². The first kappa shape index (κ1) is 16.0. The first-order valence-electron chi connectivity index (χ1n) is 7.33. The van der Waals surface area contributed by atoms with Gasteiger partial charge < -0.3 is 4.74 Å². The summed E-state index contributed by atoms with van der Waals surface area (Å²) in [6, 6.07) is 9.63. The Kier molecular flexibility index (Phi) is 5.10. The quantitative estimate of drug-likeness (QED) is 0.348. The molecule has 1 aromatic rings. The minimum absolute atomic E-state index is 0.114. The van der Waals surface area contributed by atoms with Crippen LogP contribution < -0.4 is 0 Å². The highest BCUT2D eigenvalue weighted by molar-refractivity contribution is 6.16. The monoisotopic (exact) mass is 296 g/mol. The molecule has 1 saturated carbocycles. The molecule has 2 rings (SSSR count). The van der Waals surface area contributed by atoms with Gasteiger partial charge in [0, 0.05) is 0 Å². The van der Waals surface area contributed by atoms with Crippen molar-refractivity contribution < 1.29 is 14.3 Å². The minimum Gasteiger partial charge on any atom is -0.461 e. The molecule has 3 heteroatoms. The number of ketones is 1. The summed E-state index contributed by atoms with van der Waals surface area (Å²) in [5, 5.41) is 0. The SMILES string of the molecule is C=CCOC(=O)C1(CC=C)CC/C(=C/c2ccccc2)C1=O. The van der Waals surface area contributed by atoms with Crippen LogP contribution >= 0.6 is 0 Å². The molecule has 1 fully saturated rings. The Labute approximate surface area is 131 Å². The molecule has 0 spiro atoms. The van der Waals surface area contributed by atoms with E-state index >= 15 is 0 Å². The maximum absolute atomic E-state index is 12.8. The Hall–Kier alpha value is -2.42. The molecule has 0 aromatic heterocycles. The Bertz CT molecular complexity index is 613. The number of carbonyl (C=O) groups is 2. The highest BCUT2D eigenvalue weighted by Gasteiger charge is 2.51. The first-order chi connectivity index (χ1) is 10.6. The molecule has 0 radical (unpaired) electrons. The molecule has 0 N–H and O–H groups in total. The van der Waals surface area contributed by atoms with E-state index in [1.807, 2.05) is 36.4 Å². The van der Waals surface area contributed by atoms with Crippen molar-refractivity contribution in [2.24, 2.45) is 5.41 Å². The molecule has 1 aliphatic rings. The number of carbonyl (C=O) groups excluding carboxylic acids is 2. The van der Waals surface area contributed by atoms with Crippen molar-refractivity contribution in [3.63, 3.8) is 0 Å². The second kappa shape index (κ2) is 7.03. The Morgan fingerprint density at radius 1 is 1.23 bits per heavy atom. The van der Waals surface area contributed by atoms with E-state index < -0.39 is 11.4 Å². The number of allylic oxidation sites excluding steroid dienone is 2. The maximum Gasteiger partial charge on any atom is 0.320 e. The van der Waals surface area contributed by atoms with Crippen LogP contribution in [-0.4, -0.2) is 18.4 Å². The van der Waals surface area contributed by atoms with Crippen molar-refractivity contribution in [3.8, 4) is 0 Å². The van der Waals surface area contributed by atoms with Gasteiger partial charge in [0.25, 0.3) is 0 Å². The van der Waals surface area contributed by atoms with Crippen LogP contribution in [-0.2, 0) is 14.3 Å². The summed E-state index contributed by atoms with van der Waals surface area (Å²) in [5.74, 6) is -0.626. The third kappa shape index (κ3) is 3.08. The summed E-state index contributed by atoms with van der Waals surface area (Å²) >= 11 is 0. The van der Waals surface area contributed by atoms with Crippen molar-refractivity contribution in [1.82, 2.24) is 0 Å². The van der Waals surface area contributed by atoms with Crippen molar-refractivity contribution in [2.75, 3.05) is 6.61 Å². The van der Waals surface area contributed by atoms with E-state index in [2.05, 4.69) is 13.2 Å². The summed E-state index contributed by atoms with van der Waals surface area (Å²) < 4.78 is 5.15. The number of benzene rings is 1. The van der Waals surface area contributed by atoms with Gasteiger partial charge in [-0.05, 0) is 36.5 Å². The predicted octanol–water partition coefficient (Wildman–Crippen LogP) is 3.72. The van der Waals surface area contributed by atoms with Crippen LogP contribution in [0.4, 0.5) is 0 Å². The number of ether oxygens (including phenoxy) is 1. The largest absolute Gasteiger partial charge is 0.461 e. The number of esters is 1. The molecule has 1 unspecified atom stereocenters. The fourth-order valence-corrected chi connectivity index (χ4v) is 2.76. The van der Waals surface area contributed by atoms with Gasteiger partial charge in [0.1, 0.15) is 12.0 Å². The van der Waals surface area contributed by atoms with Crippen LogP contribution in [0.3, 0.4) is 0 Å². The van der Waals surface area contributed by atoms with Gasteiger partial charge in [-0.15, -0.1) is 6.58 Å². The highest BCUT2D eigenvalue weighted by Crippen LogP contribution is 2.43. The average Bonchev–Trinajstić information content (AvgIpc) is 2.84. The van der Waals surface area contributed by atoms with Crippen LogP contribution in [0, 0.1) is 5.41 Å². The standard InChI is InChI=1S/C19H20O3/c1-3-11-19(18(21)22-13-4-2)12-10-16(17(19)20)14-15-8-6-5-7-9-15/h3-9,14H,1-2,10-13H2/b16-14-. The summed E-state index contributed by atoms with van der Waals surface area (Å²) in [6.45, 7) is 7.31. The lowest BCUT2D eigenvalue weighted by molar-refractivity contribution is -0.157. The lowest BCUT2D eigenvalue weighted by Gasteiger charge is -2.23. The summed E-state index contributed by atoms with van der Waals surface area (Å²) in [4.78, 5) is 25.1. The number of Topliss-reactive ketones (excluding diaryl/α,β-unsaturated/α-hetero) is 1. The van der Waals surface area contributed by atoms with E-state index in [-0.39, 0.29) is 12.4 Å². The Morgan fingerprint density at radius 2 is 1.95 bits per heavy atom. The van der Waals surface area contributed by atoms with Gasteiger partial charge >= 0.3 is 5.97 Å². The van der Waals surface area contributed by atoms with Crippen molar-refractivity contribution in [2.45, 2.75) is 19.3 Å². The molecule has 3 nitrogen and oxygen atoms in total. The maximum atomic E-state index is 12.8. The van der Waals surface area contributed by atoms with Crippen molar-refractivity contribution in [3.05, 3.63) is 66.8 Å². The minimum atomic E-state index is -1.12. The van der Waals surface area contributed by atoms with Crippen molar-refractivity contribution in [1.29, 1.82) is 0 Å². The van der Waals surface area contributed by atoms with Crippen LogP contribution in [0.2, 0.25) is 0 Å². The third-order valence-electron chi connectivity index (χ3n) is 3.90. The van der Waals surface area contributed by atoms with E-state index in [9.17, 15) is 9.59 Å². The molecule has 1 aliphatic carbocycles. The second-order valence-corrected chi connectivity index (χ2v) is 5.37. The second-order valence-electron chi connectivity index (χ2n) is 5.37. The first-order valence-corrected chi connectivity index (χ1v) is 7.33. The molecule has 0 saturated heterocycles. The molecule has 114 valence electrons. The van der Waals surface area contributed by atoms with Crippen LogP contribution in [0.15, 0.2) is 61.2 Å². The lowest BCUT2D eigenvalue weighted by Crippen LogP contribution is -2.37. The number of rotatable bonds is 6. The normalized spacial score (nSPS) is 22.5. The molecule has 0 bridgehead atoms. The van der Waals surface area contributed by atoms with Gasteiger partial charge in [0.2, 0.25) is 0 Å². The zero-order valence-corrected chi connectivity index (χ0v) is 12.6. The molecule has 0 aliphatic heterocycles. The van der Waals surface area contributed by atoms with Gasteiger partial charge in [0.15, 0.2) is 5.78 Å². The van der Waals surface area contributed by atoms with E-state index in [0.29, 0.717) is 24.8 Å². The fraction of sp³-hybridized carbons (Fsp3) is 0.263. The van der Waals surface area contributed by atoms with E-state index in [0.717, 1.165) is 5.56 Å². The number of hydrogen-bond donors (Lipinski definition) is 0. The van der Waals surface area contributed by atoms with Gasteiger partial charge in [-0.3, -0.25) is 9.59 Å². The molecule has 1 aromatic carbocycles. The molecular weight excluding hydrogens is 276 g/mol. The van der Waals surface area contributed by atoms with E-state index in [4.69, 9.17) is 4.74 Å². The number of hydrogen-bond acceptors (Lipinski definition) is 3. The van der Waals surface area contributed by atoms with Crippen molar-refractivity contribution >= 4 is 17.8 Å². The average molecular weight is 296 g/mol. The van der Waals surface area contributed by atoms with Crippen LogP contribution in [0.5, 0.6) is 0 Å². The van der Waals surface area contributed by atoms with Gasteiger partial charge in [0.05, 0.1) is 0 Å². The van der Waals surface area contributed by atoms with Gasteiger partial charge in [-0.2, -0.15) is 0 Å². The molecular formula is C19H20O3. The Balaban J connectivity index is 2.29. The summed E-state index contributed by atoms with van der Waals surface area (Å²) in [5.41, 5.74) is 0.508. The summed E-state index contributed by atoms with van der Waals surface area (Å²) in [7, 11) is 0. The van der Waals surface area contributed by atoms with Crippen LogP contribution in [0.1, 0.15) is 24.8 Å². The smallest absolute Gasteiger partial charge is 0.320 e. The van der Waals surface area contributed by atoms with E-state index in [1.54, 1.807) is 6.08 Å². The van der Waals surface area contributed by atoms with Gasteiger partial charge in [-0.25, -0.2) is 0 Å². The highest BCUT2D eigenvalue weighted by atomic mass is 16.5. The fourth-order valence-electron chi connectivity index (χ4n) is 2.76. The molecule has 1 atom stereocenters. The zero-order valence-electron chi connectivity index (χ0n) is 12.6. The predicted molar refractivity (Wildman–Crippen MR) is 87.1 cm³/mol. The summed E-state index contributed by atoms with van der Waals surface area (Å²) in [6.07, 6.45) is 6.30. The zero-order chi connectivity index (χ0) is 16.0.